The Hall–Kier alpha value is -0.0300. The molecule has 0 spiro atoms. The average Bonchev–Trinajstić information content (AvgIpc) is 2.19. The van der Waals surface area contributed by atoms with Gasteiger partial charge < -0.3 is 4.74 Å². The molecule has 1 fully saturated rings. The summed E-state index contributed by atoms with van der Waals surface area (Å²) in [6, 6.07) is 0. The maximum absolute atomic E-state index is 10.9. The molecule has 0 aromatic rings. The Balaban J connectivity index is 2.05. The zero-order chi connectivity index (χ0) is 10.4. The fourth-order valence-electron chi connectivity index (χ4n) is 1.85. The first kappa shape index (κ1) is 12.0. The van der Waals surface area contributed by atoms with Gasteiger partial charge in [-0.25, -0.2) is 4.79 Å². The van der Waals surface area contributed by atoms with Crippen LogP contribution in [-0.4, -0.2) is 16.4 Å². The SMILES string of the molecule is O=C(OCCC1CCCCC1)N(S)S. The quantitative estimate of drug-likeness (QED) is 0.736. The maximum Gasteiger partial charge on any atom is 0.429 e. The minimum Gasteiger partial charge on any atom is -0.448 e. The molecular weight excluding hydrogens is 218 g/mol. The summed E-state index contributed by atoms with van der Waals surface area (Å²) in [6.07, 6.45) is 7.05. The molecule has 0 bridgehead atoms. The Kier molecular flexibility index (Phi) is 5.55. The van der Waals surface area contributed by atoms with E-state index in [1.165, 1.54) is 32.1 Å². The van der Waals surface area contributed by atoms with Gasteiger partial charge in [0.25, 0.3) is 0 Å². The number of thiol groups is 2. The summed E-state index contributed by atoms with van der Waals surface area (Å²) < 4.78 is 5.80. The number of carbonyl (C=O) groups excluding carboxylic acids is 1. The van der Waals surface area contributed by atoms with E-state index in [4.69, 9.17) is 4.74 Å². The van der Waals surface area contributed by atoms with Crippen LogP contribution < -0.4 is 0 Å². The number of ether oxygens (including phenoxy) is 1. The van der Waals surface area contributed by atoms with Gasteiger partial charge in [-0.2, -0.15) is 3.71 Å². The smallest absolute Gasteiger partial charge is 0.429 e. The Bertz CT molecular complexity index is 182. The highest BCUT2D eigenvalue weighted by Gasteiger charge is 2.14. The molecule has 1 amide bonds. The molecule has 0 heterocycles. The first-order chi connectivity index (χ1) is 6.70. The van der Waals surface area contributed by atoms with Gasteiger partial charge in [-0.1, -0.05) is 32.1 Å². The number of hydrogen-bond acceptors (Lipinski definition) is 4. The van der Waals surface area contributed by atoms with Gasteiger partial charge in [0.15, 0.2) is 0 Å². The van der Waals surface area contributed by atoms with Crippen molar-refractivity contribution < 1.29 is 9.53 Å². The minimum absolute atomic E-state index is 0.487. The number of carbonyl (C=O) groups is 1. The molecule has 0 saturated heterocycles. The molecule has 0 unspecified atom stereocenters. The van der Waals surface area contributed by atoms with E-state index < -0.39 is 6.09 Å². The van der Waals surface area contributed by atoms with E-state index in [1.807, 2.05) is 0 Å². The molecule has 0 N–H and O–H groups in total. The predicted molar refractivity (Wildman–Crippen MR) is 62.4 cm³/mol. The number of rotatable bonds is 3. The third-order valence-corrected chi connectivity index (χ3v) is 2.97. The summed E-state index contributed by atoms with van der Waals surface area (Å²) in [4.78, 5) is 10.9. The van der Waals surface area contributed by atoms with Crippen LogP contribution in [0.1, 0.15) is 38.5 Å². The molecular formula is C9H17NO2S2. The summed E-state index contributed by atoms with van der Waals surface area (Å²) in [7, 11) is 0. The van der Waals surface area contributed by atoms with Crippen molar-refractivity contribution in [1.82, 2.24) is 3.71 Å². The molecule has 5 heteroatoms. The van der Waals surface area contributed by atoms with E-state index in [9.17, 15) is 4.79 Å². The van der Waals surface area contributed by atoms with Crippen molar-refractivity contribution in [2.24, 2.45) is 5.92 Å². The van der Waals surface area contributed by atoms with E-state index in [0.717, 1.165) is 16.0 Å². The van der Waals surface area contributed by atoms with Gasteiger partial charge in [0.1, 0.15) is 0 Å². The lowest BCUT2D eigenvalue weighted by atomic mass is 9.87. The fraction of sp³-hybridized carbons (Fsp3) is 0.889. The largest absolute Gasteiger partial charge is 0.448 e. The first-order valence-electron chi connectivity index (χ1n) is 5.05. The Morgan fingerprint density at radius 3 is 2.50 bits per heavy atom. The lowest BCUT2D eigenvalue weighted by Gasteiger charge is -2.21. The molecule has 1 aliphatic rings. The van der Waals surface area contributed by atoms with Crippen LogP contribution in [0.3, 0.4) is 0 Å². The molecule has 1 rings (SSSR count). The summed E-state index contributed by atoms with van der Waals surface area (Å²) in [5.74, 6) is 0.741. The second-order valence-electron chi connectivity index (χ2n) is 3.70. The van der Waals surface area contributed by atoms with Gasteiger partial charge in [0.2, 0.25) is 0 Å². The standard InChI is InChI=1S/C9H17NO2S2/c11-9(10(13)14)12-7-6-8-4-2-1-3-5-8/h8,13-14H,1-7H2. The summed E-state index contributed by atoms with van der Waals surface area (Å²) >= 11 is 7.43. The minimum atomic E-state index is -0.493. The van der Waals surface area contributed by atoms with Crippen LogP contribution in [0, 0.1) is 5.92 Å². The Morgan fingerprint density at radius 2 is 1.93 bits per heavy atom. The van der Waals surface area contributed by atoms with Crippen LogP contribution >= 0.6 is 25.6 Å². The zero-order valence-electron chi connectivity index (χ0n) is 8.19. The number of amides is 1. The van der Waals surface area contributed by atoms with E-state index >= 15 is 0 Å². The summed E-state index contributed by atoms with van der Waals surface area (Å²) in [5.41, 5.74) is 0. The van der Waals surface area contributed by atoms with Crippen LogP contribution in [0.5, 0.6) is 0 Å². The van der Waals surface area contributed by atoms with E-state index in [2.05, 4.69) is 25.6 Å². The molecule has 1 saturated carbocycles. The van der Waals surface area contributed by atoms with Crippen molar-refractivity contribution in [1.29, 1.82) is 0 Å². The Morgan fingerprint density at radius 1 is 1.29 bits per heavy atom. The Labute approximate surface area is 96.3 Å². The van der Waals surface area contributed by atoms with Crippen LogP contribution in [0.25, 0.3) is 0 Å². The molecule has 0 aromatic carbocycles. The van der Waals surface area contributed by atoms with E-state index in [-0.39, 0.29) is 0 Å². The van der Waals surface area contributed by atoms with Gasteiger partial charge in [-0.15, -0.1) is 0 Å². The van der Waals surface area contributed by atoms with Crippen molar-refractivity contribution in [3.63, 3.8) is 0 Å². The second kappa shape index (κ2) is 6.45. The highest BCUT2D eigenvalue weighted by molar-refractivity contribution is 7.94. The summed E-state index contributed by atoms with van der Waals surface area (Å²) in [6.45, 7) is 0.487. The molecule has 1 aliphatic carbocycles. The maximum atomic E-state index is 10.9. The topological polar surface area (TPSA) is 29.5 Å². The lowest BCUT2D eigenvalue weighted by molar-refractivity contribution is 0.131. The van der Waals surface area contributed by atoms with Crippen molar-refractivity contribution in [3.05, 3.63) is 0 Å². The predicted octanol–water partition coefficient (Wildman–Crippen LogP) is 3.09. The highest BCUT2D eigenvalue weighted by atomic mass is 32.2. The molecule has 82 valence electrons. The van der Waals surface area contributed by atoms with Crippen LogP contribution in [0.2, 0.25) is 0 Å². The number of nitrogens with zero attached hydrogens (tertiary/aromatic N) is 1. The van der Waals surface area contributed by atoms with Gasteiger partial charge in [0, 0.05) is 0 Å². The normalized spacial score (nSPS) is 17.9. The van der Waals surface area contributed by atoms with Crippen molar-refractivity contribution in [2.45, 2.75) is 38.5 Å². The van der Waals surface area contributed by atoms with Gasteiger partial charge >= 0.3 is 6.09 Å². The zero-order valence-corrected chi connectivity index (χ0v) is 9.97. The van der Waals surface area contributed by atoms with Crippen LogP contribution in [0.15, 0.2) is 0 Å². The molecule has 0 atom stereocenters. The molecule has 0 aliphatic heterocycles. The van der Waals surface area contributed by atoms with Crippen molar-refractivity contribution >= 4 is 31.7 Å². The molecule has 0 radical (unpaired) electrons. The monoisotopic (exact) mass is 235 g/mol. The average molecular weight is 235 g/mol. The summed E-state index contributed by atoms with van der Waals surface area (Å²) in [5, 5.41) is 0. The van der Waals surface area contributed by atoms with Crippen LogP contribution in [0.4, 0.5) is 4.79 Å². The van der Waals surface area contributed by atoms with E-state index in [1.54, 1.807) is 0 Å². The number of hydrogen-bond donors (Lipinski definition) is 2. The fourth-order valence-corrected chi connectivity index (χ4v) is 1.96. The van der Waals surface area contributed by atoms with E-state index in [0.29, 0.717) is 6.61 Å². The molecule has 0 aromatic heterocycles. The second-order valence-corrected chi connectivity index (χ2v) is 4.81. The van der Waals surface area contributed by atoms with Gasteiger partial charge in [-0.05, 0) is 38.0 Å². The first-order valence-corrected chi connectivity index (χ1v) is 5.85. The molecule has 14 heavy (non-hydrogen) atoms. The highest BCUT2D eigenvalue weighted by Crippen LogP contribution is 2.26. The van der Waals surface area contributed by atoms with Crippen LogP contribution in [-0.2, 0) is 4.74 Å². The molecule has 3 nitrogen and oxygen atoms in total. The third kappa shape index (κ3) is 4.46. The van der Waals surface area contributed by atoms with Crippen molar-refractivity contribution in [2.75, 3.05) is 6.61 Å². The van der Waals surface area contributed by atoms with Gasteiger partial charge in [-0.3, -0.25) is 0 Å². The van der Waals surface area contributed by atoms with Crippen molar-refractivity contribution in [3.8, 4) is 0 Å². The third-order valence-electron chi connectivity index (χ3n) is 2.64. The lowest BCUT2D eigenvalue weighted by Crippen LogP contribution is -2.16. The van der Waals surface area contributed by atoms with Gasteiger partial charge in [0.05, 0.1) is 6.61 Å².